The molecular weight excluding hydrogens is 396 g/mol. The van der Waals surface area contributed by atoms with Gasteiger partial charge in [0.15, 0.2) is 11.6 Å². The van der Waals surface area contributed by atoms with Crippen molar-refractivity contribution in [3.05, 3.63) is 23.5 Å². The summed E-state index contributed by atoms with van der Waals surface area (Å²) >= 11 is 7.23. The lowest BCUT2D eigenvalue weighted by atomic mass is 9.45. The molecule has 0 aromatic heterocycles. The van der Waals surface area contributed by atoms with Crippen molar-refractivity contribution in [3.8, 4) is 0 Å². The summed E-state index contributed by atoms with van der Waals surface area (Å²) in [5.41, 5.74) is -3.17. The number of halogens is 1. The second-order valence-electron chi connectivity index (χ2n) is 9.87. The average Bonchev–Trinajstić information content (AvgIpc) is 2.85. The molecule has 0 aromatic carbocycles. The predicted octanol–water partition coefficient (Wildman–Crippen LogP) is 2.05. The van der Waals surface area contributed by atoms with E-state index >= 15 is 0 Å². The highest BCUT2D eigenvalue weighted by atomic mass is 35.5. The predicted molar refractivity (Wildman–Crippen MR) is 106 cm³/mol. The zero-order valence-electron chi connectivity index (χ0n) is 17.0. The van der Waals surface area contributed by atoms with Gasteiger partial charge < -0.3 is 20.4 Å². The van der Waals surface area contributed by atoms with Crippen LogP contribution < -0.4 is 0 Å². The summed E-state index contributed by atoms with van der Waals surface area (Å²) in [4.78, 5) is 24.4. The molecule has 160 valence electrons. The van der Waals surface area contributed by atoms with Gasteiger partial charge in [-0.2, -0.15) is 0 Å². The summed E-state index contributed by atoms with van der Waals surface area (Å²) in [6.45, 7) is 4.57. The molecule has 0 radical (unpaired) electrons. The third-order valence-corrected chi connectivity index (χ3v) is 9.84. The van der Waals surface area contributed by atoms with Crippen LogP contribution >= 0.6 is 11.6 Å². The maximum Gasteiger partial charge on any atom is 0.190 e. The van der Waals surface area contributed by atoms with Crippen LogP contribution in [0.3, 0.4) is 0 Å². The van der Waals surface area contributed by atoms with Crippen LogP contribution in [0.2, 0.25) is 0 Å². The number of hydrogen-bond donors (Lipinski definition) is 4. The smallest absolute Gasteiger partial charge is 0.190 e. The average molecular weight is 425 g/mol. The van der Waals surface area contributed by atoms with Gasteiger partial charge in [0, 0.05) is 11.5 Å². The molecule has 29 heavy (non-hydrogen) atoms. The topological polar surface area (TPSA) is 115 Å². The second kappa shape index (κ2) is 6.16. The molecule has 4 N–H and O–H groups in total. The van der Waals surface area contributed by atoms with Crippen LogP contribution in [0, 0.1) is 28.6 Å². The number of carbonyl (C=O) groups is 2. The first-order valence-corrected chi connectivity index (χ1v) is 10.7. The maximum atomic E-state index is 13.1. The van der Waals surface area contributed by atoms with Crippen molar-refractivity contribution in [3.63, 3.8) is 0 Å². The van der Waals surface area contributed by atoms with E-state index in [1.807, 2.05) is 0 Å². The van der Waals surface area contributed by atoms with Crippen LogP contribution in [-0.4, -0.2) is 55.2 Å². The molecule has 7 heteroatoms. The molecule has 8 atom stereocenters. The standard InChI is InChI=1S/C22H29ClO6/c1-11-6-15-14-5-4-12-7-13(25)8-16(26)20(12,3)21(14,23)17(27)9-19(15,2)22(11,29)18(28)10-24/h7-8,11,14-15,17,24-25,27,29H,4-6,9-10H2,1-3H3/t11-,14-,15-,17-,19-,20-,21-,22-/m1/s1. The maximum absolute atomic E-state index is 13.1. The molecule has 0 amide bonds. The zero-order chi connectivity index (χ0) is 21.6. The lowest BCUT2D eigenvalue weighted by Crippen LogP contribution is -2.70. The summed E-state index contributed by atoms with van der Waals surface area (Å²) in [7, 11) is 0. The summed E-state index contributed by atoms with van der Waals surface area (Å²) in [6.07, 6.45) is 3.29. The molecule has 0 aromatic rings. The van der Waals surface area contributed by atoms with Gasteiger partial charge in [0.1, 0.15) is 18.0 Å². The zero-order valence-corrected chi connectivity index (χ0v) is 17.7. The van der Waals surface area contributed by atoms with Crippen LogP contribution in [0.15, 0.2) is 23.5 Å². The van der Waals surface area contributed by atoms with Crippen molar-refractivity contribution in [1.82, 2.24) is 0 Å². The molecule has 0 unspecified atom stereocenters. The molecule has 0 bridgehead atoms. The summed E-state index contributed by atoms with van der Waals surface area (Å²) in [5, 5.41) is 42.3. The Labute approximate surface area is 175 Å². The number of carbonyl (C=O) groups excluding carboxylic acids is 2. The van der Waals surface area contributed by atoms with E-state index in [4.69, 9.17) is 11.6 Å². The number of fused-ring (bicyclic) bond motifs is 5. The molecule has 3 saturated carbocycles. The number of rotatable bonds is 2. The van der Waals surface area contributed by atoms with Gasteiger partial charge in [0.05, 0.1) is 16.4 Å². The Hall–Kier alpha value is -1.21. The van der Waals surface area contributed by atoms with E-state index in [2.05, 4.69) is 0 Å². The first-order chi connectivity index (χ1) is 13.4. The molecular formula is C22H29ClO6. The van der Waals surface area contributed by atoms with Crippen molar-refractivity contribution in [2.45, 2.75) is 63.0 Å². The quantitative estimate of drug-likeness (QED) is 0.504. The molecule has 0 aliphatic heterocycles. The SMILES string of the molecule is C[C@@H]1C[C@@H]2[C@H]3CCC4=CC(O)=CC(=O)[C@]4(C)[C@]3(Cl)[C@H](O)C[C@@]2(C)[C@]1(O)C(=O)CO. The minimum absolute atomic E-state index is 0.0517. The lowest BCUT2D eigenvalue weighted by Gasteiger charge is -2.63. The fourth-order valence-electron chi connectivity index (χ4n) is 7.36. The van der Waals surface area contributed by atoms with Gasteiger partial charge in [-0.05, 0) is 56.4 Å². The van der Waals surface area contributed by atoms with Crippen LogP contribution in [-0.2, 0) is 9.59 Å². The van der Waals surface area contributed by atoms with E-state index in [1.165, 1.54) is 6.08 Å². The van der Waals surface area contributed by atoms with Crippen molar-refractivity contribution >= 4 is 23.2 Å². The summed E-state index contributed by atoms with van der Waals surface area (Å²) in [5.74, 6) is -1.96. The van der Waals surface area contributed by atoms with Crippen LogP contribution in [0.5, 0.6) is 0 Å². The Kier molecular flexibility index (Phi) is 4.47. The van der Waals surface area contributed by atoms with Gasteiger partial charge in [-0.3, -0.25) is 9.59 Å². The summed E-state index contributed by atoms with van der Waals surface area (Å²) in [6, 6.07) is 0. The van der Waals surface area contributed by atoms with E-state index in [0.717, 1.165) is 0 Å². The first kappa shape index (κ1) is 21.0. The Bertz CT molecular complexity index is 850. The van der Waals surface area contributed by atoms with Gasteiger partial charge in [-0.1, -0.05) is 19.4 Å². The molecule has 6 nitrogen and oxygen atoms in total. The first-order valence-electron chi connectivity index (χ1n) is 10.3. The highest BCUT2D eigenvalue weighted by Crippen LogP contribution is 2.71. The minimum Gasteiger partial charge on any atom is -0.508 e. The molecule has 3 fully saturated rings. The van der Waals surface area contributed by atoms with E-state index < -0.39 is 45.7 Å². The molecule has 0 spiro atoms. The van der Waals surface area contributed by atoms with Crippen molar-refractivity contribution in [2.24, 2.45) is 28.6 Å². The molecule has 4 rings (SSSR count). The normalized spacial score (nSPS) is 51.5. The van der Waals surface area contributed by atoms with Crippen LogP contribution in [0.1, 0.15) is 46.5 Å². The Morgan fingerprint density at radius 1 is 1.28 bits per heavy atom. The van der Waals surface area contributed by atoms with Gasteiger partial charge in [0.2, 0.25) is 0 Å². The van der Waals surface area contributed by atoms with Gasteiger partial charge in [-0.25, -0.2) is 0 Å². The summed E-state index contributed by atoms with van der Waals surface area (Å²) < 4.78 is 0. The fraction of sp³-hybridized carbons (Fsp3) is 0.727. The molecule has 0 heterocycles. The number of Topliss-reactive ketones (excluding diaryl/α,β-unsaturated/α-hetero) is 1. The molecule has 0 saturated heterocycles. The minimum atomic E-state index is -1.75. The third-order valence-electron chi connectivity index (χ3n) is 8.93. The molecule has 4 aliphatic carbocycles. The second-order valence-corrected chi connectivity index (χ2v) is 10.5. The van der Waals surface area contributed by atoms with E-state index in [0.29, 0.717) is 24.8 Å². The van der Waals surface area contributed by atoms with E-state index in [9.17, 15) is 30.0 Å². The van der Waals surface area contributed by atoms with Gasteiger partial charge in [-0.15, -0.1) is 11.6 Å². The van der Waals surface area contributed by atoms with E-state index in [-0.39, 0.29) is 29.8 Å². The number of alkyl halides is 1. The number of hydrogen-bond acceptors (Lipinski definition) is 6. The van der Waals surface area contributed by atoms with Gasteiger partial charge >= 0.3 is 0 Å². The van der Waals surface area contributed by atoms with Gasteiger partial charge in [0.25, 0.3) is 0 Å². The molecule has 4 aliphatic rings. The van der Waals surface area contributed by atoms with E-state index in [1.54, 1.807) is 26.8 Å². The largest absolute Gasteiger partial charge is 0.508 e. The highest BCUT2D eigenvalue weighted by molar-refractivity contribution is 6.28. The number of ketones is 2. The van der Waals surface area contributed by atoms with Crippen molar-refractivity contribution in [2.75, 3.05) is 6.61 Å². The van der Waals surface area contributed by atoms with Crippen LogP contribution in [0.25, 0.3) is 0 Å². The number of aliphatic hydroxyl groups is 4. The van der Waals surface area contributed by atoms with Crippen molar-refractivity contribution < 1.29 is 30.0 Å². The number of allylic oxidation sites excluding steroid dienone is 3. The lowest BCUT2D eigenvalue weighted by molar-refractivity contribution is -0.182. The fourth-order valence-corrected chi connectivity index (χ4v) is 7.91. The number of aliphatic hydroxyl groups excluding tert-OH is 3. The highest BCUT2D eigenvalue weighted by Gasteiger charge is 2.75. The Morgan fingerprint density at radius 3 is 2.55 bits per heavy atom. The Morgan fingerprint density at radius 2 is 1.93 bits per heavy atom. The third kappa shape index (κ3) is 2.19. The van der Waals surface area contributed by atoms with Crippen molar-refractivity contribution in [1.29, 1.82) is 0 Å². The Balaban J connectivity index is 1.86. The van der Waals surface area contributed by atoms with Crippen LogP contribution in [0.4, 0.5) is 0 Å². The monoisotopic (exact) mass is 424 g/mol.